The molecule has 0 saturated heterocycles. The van der Waals surface area contributed by atoms with Gasteiger partial charge in [0.25, 0.3) is 0 Å². The van der Waals surface area contributed by atoms with Crippen LogP contribution in [0.2, 0.25) is 0 Å². The van der Waals surface area contributed by atoms with Gasteiger partial charge < -0.3 is 25.3 Å². The van der Waals surface area contributed by atoms with Gasteiger partial charge >= 0.3 is 5.97 Å². The SMILES string of the molecule is CN(c1ccc2[nH]ccc2c1)c1nccc(Nc2ccc3[nH]c(C(=O)O)cc3c2)n1. The van der Waals surface area contributed by atoms with Crippen LogP contribution >= 0.6 is 0 Å². The number of rotatable bonds is 5. The molecule has 3 heterocycles. The number of nitrogens with zero attached hydrogens (tertiary/aromatic N) is 3. The fraction of sp³-hybridized carbons (Fsp3) is 0.0455. The Kier molecular flexibility index (Phi) is 4.10. The lowest BCUT2D eigenvalue weighted by atomic mass is 10.2. The summed E-state index contributed by atoms with van der Waals surface area (Å²) in [6.07, 6.45) is 3.61. The van der Waals surface area contributed by atoms with E-state index in [0.717, 1.165) is 33.2 Å². The number of anilines is 4. The maximum Gasteiger partial charge on any atom is 0.352 e. The van der Waals surface area contributed by atoms with Crippen LogP contribution in [0.5, 0.6) is 0 Å². The number of H-pyrrole nitrogens is 2. The number of benzene rings is 2. The summed E-state index contributed by atoms with van der Waals surface area (Å²) in [5, 5.41) is 14.3. The van der Waals surface area contributed by atoms with Gasteiger partial charge in [0.1, 0.15) is 11.5 Å². The Morgan fingerprint density at radius 2 is 1.90 bits per heavy atom. The van der Waals surface area contributed by atoms with Crippen LogP contribution in [-0.2, 0) is 0 Å². The van der Waals surface area contributed by atoms with Gasteiger partial charge in [0.05, 0.1) is 0 Å². The van der Waals surface area contributed by atoms with Gasteiger partial charge in [0, 0.05) is 52.6 Å². The van der Waals surface area contributed by atoms with Gasteiger partial charge in [0.15, 0.2) is 0 Å². The first-order valence-electron chi connectivity index (χ1n) is 9.34. The van der Waals surface area contributed by atoms with Gasteiger partial charge in [-0.2, -0.15) is 4.98 Å². The highest BCUT2D eigenvalue weighted by Crippen LogP contribution is 2.26. The van der Waals surface area contributed by atoms with Gasteiger partial charge in [-0.05, 0) is 54.6 Å². The monoisotopic (exact) mass is 398 g/mol. The van der Waals surface area contributed by atoms with Crippen molar-refractivity contribution in [2.45, 2.75) is 0 Å². The van der Waals surface area contributed by atoms with Crippen molar-refractivity contribution in [1.82, 2.24) is 19.9 Å². The lowest BCUT2D eigenvalue weighted by molar-refractivity contribution is 0.0691. The van der Waals surface area contributed by atoms with Crippen molar-refractivity contribution in [2.75, 3.05) is 17.3 Å². The van der Waals surface area contributed by atoms with Crippen molar-refractivity contribution in [1.29, 1.82) is 0 Å². The Morgan fingerprint density at radius 1 is 1.03 bits per heavy atom. The van der Waals surface area contributed by atoms with Crippen LogP contribution in [0.15, 0.2) is 67.0 Å². The first-order chi connectivity index (χ1) is 14.6. The minimum absolute atomic E-state index is 0.160. The Bertz CT molecular complexity index is 1390. The molecule has 0 bridgehead atoms. The van der Waals surface area contributed by atoms with Crippen LogP contribution in [0.25, 0.3) is 21.8 Å². The lowest BCUT2D eigenvalue weighted by Gasteiger charge is -2.18. The molecule has 4 N–H and O–H groups in total. The first-order valence-corrected chi connectivity index (χ1v) is 9.34. The van der Waals surface area contributed by atoms with Crippen molar-refractivity contribution >= 4 is 50.9 Å². The van der Waals surface area contributed by atoms with E-state index in [4.69, 9.17) is 5.11 Å². The van der Waals surface area contributed by atoms with Gasteiger partial charge in [0.2, 0.25) is 5.95 Å². The van der Waals surface area contributed by atoms with Crippen molar-refractivity contribution in [3.63, 3.8) is 0 Å². The second-order valence-corrected chi connectivity index (χ2v) is 6.97. The molecule has 0 atom stereocenters. The molecular formula is C22H18N6O2. The summed E-state index contributed by atoms with van der Waals surface area (Å²) in [5.41, 5.74) is 3.79. The minimum atomic E-state index is -0.984. The van der Waals surface area contributed by atoms with E-state index in [1.165, 1.54) is 0 Å². The van der Waals surface area contributed by atoms with E-state index in [1.807, 2.05) is 54.5 Å². The summed E-state index contributed by atoms with van der Waals surface area (Å²) >= 11 is 0. The second-order valence-electron chi connectivity index (χ2n) is 6.97. The molecule has 3 aromatic heterocycles. The molecule has 8 nitrogen and oxygen atoms in total. The summed E-state index contributed by atoms with van der Waals surface area (Å²) < 4.78 is 0. The van der Waals surface area contributed by atoms with Crippen LogP contribution in [0, 0.1) is 0 Å². The molecule has 0 fully saturated rings. The first kappa shape index (κ1) is 17.7. The molecule has 0 aliphatic carbocycles. The quantitative estimate of drug-likeness (QED) is 0.343. The fourth-order valence-corrected chi connectivity index (χ4v) is 3.42. The van der Waals surface area contributed by atoms with E-state index in [9.17, 15) is 4.79 Å². The average molecular weight is 398 g/mol. The van der Waals surface area contributed by atoms with Gasteiger partial charge in [-0.25, -0.2) is 9.78 Å². The highest BCUT2D eigenvalue weighted by molar-refractivity contribution is 5.95. The number of nitrogens with one attached hydrogen (secondary N) is 3. The number of carboxylic acids is 1. The molecule has 0 saturated carbocycles. The predicted octanol–water partition coefficient (Wildman–Crippen LogP) is 4.65. The molecule has 0 unspecified atom stereocenters. The fourth-order valence-electron chi connectivity index (χ4n) is 3.42. The summed E-state index contributed by atoms with van der Waals surface area (Å²) in [4.78, 5) is 28.2. The molecule has 30 heavy (non-hydrogen) atoms. The zero-order chi connectivity index (χ0) is 20.7. The standard InChI is InChI=1S/C22H18N6O2/c1-28(16-3-5-17-13(11-16)6-8-23-17)22-24-9-7-20(27-22)25-15-2-4-18-14(10-15)12-19(26-18)21(29)30/h2-12,23,26H,1H3,(H,29,30)(H,24,25,27). The van der Waals surface area contributed by atoms with E-state index in [0.29, 0.717) is 11.8 Å². The van der Waals surface area contributed by atoms with Crippen molar-refractivity contribution in [3.05, 3.63) is 72.7 Å². The Labute approximate surface area is 171 Å². The maximum atomic E-state index is 11.2. The number of aromatic carboxylic acids is 1. The summed E-state index contributed by atoms with van der Waals surface area (Å²) in [6, 6.07) is 17.1. The Morgan fingerprint density at radius 3 is 2.77 bits per heavy atom. The molecule has 0 spiro atoms. The van der Waals surface area contributed by atoms with Crippen LogP contribution in [0.1, 0.15) is 10.5 Å². The Balaban J connectivity index is 1.41. The predicted molar refractivity (Wildman–Crippen MR) is 117 cm³/mol. The van der Waals surface area contributed by atoms with Crippen molar-refractivity contribution in [3.8, 4) is 0 Å². The molecule has 0 aliphatic rings. The van der Waals surface area contributed by atoms with Crippen LogP contribution in [0.4, 0.5) is 23.1 Å². The zero-order valence-electron chi connectivity index (χ0n) is 16.0. The molecule has 8 heteroatoms. The summed E-state index contributed by atoms with van der Waals surface area (Å²) in [7, 11) is 1.92. The largest absolute Gasteiger partial charge is 0.477 e. The number of fused-ring (bicyclic) bond motifs is 2. The number of aromatic nitrogens is 4. The third kappa shape index (κ3) is 3.20. The molecule has 148 valence electrons. The van der Waals surface area contributed by atoms with Crippen molar-refractivity contribution < 1.29 is 9.90 Å². The van der Waals surface area contributed by atoms with Crippen LogP contribution < -0.4 is 10.2 Å². The third-order valence-electron chi connectivity index (χ3n) is 4.99. The van der Waals surface area contributed by atoms with E-state index < -0.39 is 5.97 Å². The van der Waals surface area contributed by atoms with Crippen molar-refractivity contribution in [2.24, 2.45) is 0 Å². The highest BCUT2D eigenvalue weighted by Gasteiger charge is 2.11. The molecule has 0 radical (unpaired) electrons. The number of hydrogen-bond acceptors (Lipinski definition) is 5. The maximum absolute atomic E-state index is 11.2. The van der Waals surface area contributed by atoms with E-state index >= 15 is 0 Å². The zero-order valence-corrected chi connectivity index (χ0v) is 16.0. The number of hydrogen-bond donors (Lipinski definition) is 4. The van der Waals surface area contributed by atoms with Gasteiger partial charge in [-0.1, -0.05) is 0 Å². The van der Waals surface area contributed by atoms with E-state index in [1.54, 1.807) is 18.3 Å². The lowest BCUT2D eigenvalue weighted by Crippen LogP contribution is -2.13. The van der Waals surface area contributed by atoms with E-state index in [-0.39, 0.29) is 5.69 Å². The normalized spacial score (nSPS) is 11.1. The third-order valence-corrected chi connectivity index (χ3v) is 4.99. The second kappa shape index (κ2) is 6.93. The Hall–Kier alpha value is -4.33. The topological polar surface area (TPSA) is 110 Å². The molecule has 5 aromatic rings. The number of carboxylic acid groups (broad SMARTS) is 1. The average Bonchev–Trinajstić information content (AvgIpc) is 3.39. The number of carbonyl (C=O) groups is 1. The van der Waals surface area contributed by atoms with Gasteiger partial charge in [-0.15, -0.1) is 0 Å². The highest BCUT2D eigenvalue weighted by atomic mass is 16.4. The minimum Gasteiger partial charge on any atom is -0.477 e. The molecular weight excluding hydrogens is 380 g/mol. The molecule has 2 aromatic carbocycles. The van der Waals surface area contributed by atoms with Gasteiger partial charge in [-0.3, -0.25) is 0 Å². The molecule has 5 rings (SSSR count). The summed E-state index contributed by atoms with van der Waals surface area (Å²) in [5.74, 6) is 0.218. The van der Waals surface area contributed by atoms with Crippen LogP contribution in [-0.4, -0.2) is 38.1 Å². The molecule has 0 amide bonds. The van der Waals surface area contributed by atoms with E-state index in [2.05, 4.69) is 31.3 Å². The molecule has 0 aliphatic heterocycles. The van der Waals surface area contributed by atoms with Crippen LogP contribution in [0.3, 0.4) is 0 Å². The number of aromatic amines is 2. The summed E-state index contributed by atoms with van der Waals surface area (Å²) in [6.45, 7) is 0. The smallest absolute Gasteiger partial charge is 0.352 e.